The largest absolute Gasteiger partial charge is 0.462 e. The van der Waals surface area contributed by atoms with Crippen LogP contribution in [-0.4, -0.2) is 26.4 Å². The summed E-state index contributed by atoms with van der Waals surface area (Å²) < 4.78 is 4.95. The van der Waals surface area contributed by atoms with Gasteiger partial charge in [-0.25, -0.2) is 4.79 Å². The molecule has 0 amide bonds. The Morgan fingerprint density at radius 1 is 1.16 bits per heavy atom. The molecule has 0 heterocycles. The van der Waals surface area contributed by atoms with E-state index < -0.39 is 8.07 Å². The van der Waals surface area contributed by atoms with Gasteiger partial charge < -0.3 is 4.74 Å². The molecule has 4 heteroatoms. The number of hydrogen-bond acceptors (Lipinski definition) is 3. The molecule has 0 saturated carbocycles. The van der Waals surface area contributed by atoms with Gasteiger partial charge in [-0.1, -0.05) is 31.8 Å². The van der Waals surface area contributed by atoms with Crippen LogP contribution in [0.4, 0.5) is 0 Å². The molecule has 104 valence electrons. The Hall–Kier alpha value is -1.42. The normalized spacial score (nSPS) is 12.9. The van der Waals surface area contributed by atoms with Crippen LogP contribution >= 0.6 is 0 Å². The van der Waals surface area contributed by atoms with Crippen molar-refractivity contribution in [3.63, 3.8) is 0 Å². The third-order valence-corrected chi connectivity index (χ3v) is 5.50. The highest BCUT2D eigenvalue weighted by Gasteiger charge is 2.31. The van der Waals surface area contributed by atoms with E-state index in [0.717, 1.165) is 5.56 Å². The third-order valence-electron chi connectivity index (χ3n) is 3.03. The Balaban J connectivity index is 3.03. The monoisotopic (exact) mass is 278 g/mol. The van der Waals surface area contributed by atoms with Crippen molar-refractivity contribution in [3.8, 4) is 0 Å². The van der Waals surface area contributed by atoms with Gasteiger partial charge in [0, 0.05) is 5.54 Å². The van der Waals surface area contributed by atoms with E-state index in [9.17, 15) is 9.59 Å². The first kappa shape index (κ1) is 15.6. The molecule has 0 radical (unpaired) electrons. The van der Waals surface area contributed by atoms with Gasteiger partial charge in [0.15, 0.2) is 0 Å². The molecular formula is C15H22O3Si. The third kappa shape index (κ3) is 4.03. The number of hydrogen-bond donors (Lipinski definition) is 0. The maximum absolute atomic E-state index is 11.9. The second-order valence-electron chi connectivity index (χ2n) is 5.75. The molecule has 0 N–H and O–H groups in total. The second kappa shape index (κ2) is 6.15. The zero-order chi connectivity index (χ0) is 14.6. The Labute approximate surface area is 116 Å². The molecule has 1 atom stereocenters. The predicted molar refractivity (Wildman–Crippen MR) is 79.2 cm³/mol. The summed E-state index contributed by atoms with van der Waals surface area (Å²) in [6, 6.07) is 7.22. The summed E-state index contributed by atoms with van der Waals surface area (Å²) >= 11 is 0. The van der Waals surface area contributed by atoms with Crippen LogP contribution in [0.3, 0.4) is 0 Å². The SMILES string of the molecule is CCOC(=O)c1ccc(C(C(C)=O)[Si](C)(C)C)cc1. The van der Waals surface area contributed by atoms with Crippen LogP contribution in [-0.2, 0) is 9.53 Å². The number of rotatable bonds is 5. The van der Waals surface area contributed by atoms with Crippen molar-refractivity contribution in [2.45, 2.75) is 39.0 Å². The number of Topliss-reactive ketones (excluding diaryl/α,β-unsaturated/α-hetero) is 1. The lowest BCUT2D eigenvalue weighted by molar-refractivity contribution is -0.116. The Morgan fingerprint density at radius 2 is 1.68 bits per heavy atom. The lowest BCUT2D eigenvalue weighted by Gasteiger charge is -2.27. The van der Waals surface area contributed by atoms with Gasteiger partial charge in [-0.15, -0.1) is 0 Å². The van der Waals surface area contributed by atoms with Gasteiger partial charge in [-0.2, -0.15) is 0 Å². The van der Waals surface area contributed by atoms with Crippen LogP contribution in [0.15, 0.2) is 24.3 Å². The van der Waals surface area contributed by atoms with Crippen LogP contribution in [0, 0.1) is 0 Å². The van der Waals surface area contributed by atoms with E-state index in [0.29, 0.717) is 12.2 Å². The summed E-state index contributed by atoms with van der Waals surface area (Å²) in [6.07, 6.45) is 0. The van der Waals surface area contributed by atoms with Crippen molar-refractivity contribution in [2.24, 2.45) is 0 Å². The lowest BCUT2D eigenvalue weighted by Crippen LogP contribution is -2.35. The van der Waals surface area contributed by atoms with Crippen molar-refractivity contribution in [3.05, 3.63) is 35.4 Å². The summed E-state index contributed by atoms with van der Waals surface area (Å²) in [5.74, 6) is -0.121. The van der Waals surface area contributed by atoms with E-state index in [4.69, 9.17) is 4.74 Å². The quantitative estimate of drug-likeness (QED) is 0.612. The van der Waals surface area contributed by atoms with Gasteiger partial charge in [0.25, 0.3) is 0 Å². The molecule has 0 aliphatic rings. The van der Waals surface area contributed by atoms with Crippen LogP contribution in [0.1, 0.15) is 35.3 Å². The van der Waals surface area contributed by atoms with Crippen molar-refractivity contribution in [2.75, 3.05) is 6.61 Å². The molecule has 3 nitrogen and oxygen atoms in total. The van der Waals surface area contributed by atoms with Gasteiger partial charge >= 0.3 is 5.97 Å². The molecule has 1 aromatic rings. The molecule has 0 aromatic heterocycles. The van der Waals surface area contributed by atoms with Gasteiger partial charge in [0.05, 0.1) is 20.2 Å². The average molecular weight is 278 g/mol. The fourth-order valence-corrected chi connectivity index (χ4v) is 4.78. The van der Waals surface area contributed by atoms with Crippen LogP contribution < -0.4 is 0 Å². The smallest absolute Gasteiger partial charge is 0.338 e. The van der Waals surface area contributed by atoms with Gasteiger partial charge in [0.2, 0.25) is 0 Å². The molecule has 1 unspecified atom stereocenters. The van der Waals surface area contributed by atoms with Crippen LogP contribution in [0.25, 0.3) is 0 Å². The van der Waals surface area contributed by atoms with E-state index in [1.807, 2.05) is 12.1 Å². The predicted octanol–water partition coefficient (Wildman–Crippen LogP) is 3.41. The maximum atomic E-state index is 11.9. The highest BCUT2D eigenvalue weighted by molar-refractivity contribution is 6.80. The van der Waals surface area contributed by atoms with Crippen molar-refractivity contribution in [1.29, 1.82) is 0 Å². The number of ether oxygens (including phenoxy) is 1. The molecule has 0 aliphatic carbocycles. The summed E-state index contributed by atoms with van der Waals surface area (Å²) in [5.41, 5.74) is 1.51. The van der Waals surface area contributed by atoms with Crippen LogP contribution in [0.5, 0.6) is 0 Å². The van der Waals surface area contributed by atoms with E-state index in [1.54, 1.807) is 26.0 Å². The van der Waals surface area contributed by atoms with Gasteiger partial charge in [0.1, 0.15) is 5.78 Å². The Kier molecular flexibility index (Phi) is 5.06. The van der Waals surface area contributed by atoms with E-state index >= 15 is 0 Å². The van der Waals surface area contributed by atoms with E-state index in [2.05, 4.69) is 19.6 Å². The maximum Gasteiger partial charge on any atom is 0.338 e. The fourth-order valence-electron chi connectivity index (χ4n) is 2.37. The lowest BCUT2D eigenvalue weighted by atomic mass is 10.1. The summed E-state index contributed by atoms with van der Waals surface area (Å²) in [6.45, 7) is 10.3. The molecule has 0 saturated heterocycles. The fraction of sp³-hybridized carbons (Fsp3) is 0.467. The molecule has 0 spiro atoms. The summed E-state index contributed by atoms with van der Waals surface area (Å²) in [7, 11) is -1.62. The number of benzene rings is 1. The van der Waals surface area contributed by atoms with Gasteiger partial charge in [-0.3, -0.25) is 4.79 Å². The highest BCUT2D eigenvalue weighted by Crippen LogP contribution is 2.28. The topological polar surface area (TPSA) is 43.4 Å². The van der Waals surface area contributed by atoms with E-state index in [1.165, 1.54) is 0 Å². The van der Waals surface area contributed by atoms with Gasteiger partial charge in [-0.05, 0) is 31.5 Å². The molecule has 0 fully saturated rings. The Bertz CT molecular complexity index is 457. The van der Waals surface area contributed by atoms with E-state index in [-0.39, 0.29) is 17.3 Å². The summed E-state index contributed by atoms with van der Waals surface area (Å²) in [4.78, 5) is 23.4. The number of ketones is 1. The first-order valence-electron chi connectivity index (χ1n) is 6.55. The van der Waals surface area contributed by atoms with Crippen LogP contribution in [0.2, 0.25) is 19.6 Å². The zero-order valence-corrected chi connectivity index (χ0v) is 13.3. The minimum absolute atomic E-state index is 0.0243. The second-order valence-corrected chi connectivity index (χ2v) is 11.1. The van der Waals surface area contributed by atoms with Crippen molar-refractivity contribution >= 4 is 19.8 Å². The first-order chi connectivity index (χ1) is 8.77. The minimum atomic E-state index is -1.62. The standard InChI is InChI=1S/C15H22O3Si/c1-6-18-15(17)13-9-7-12(8-10-13)14(11(2)16)19(3,4)5/h7-10,14H,6H2,1-5H3. The molecule has 1 rings (SSSR count). The van der Waals surface area contributed by atoms with Crippen molar-refractivity contribution < 1.29 is 14.3 Å². The number of carbonyl (C=O) groups is 2. The highest BCUT2D eigenvalue weighted by atomic mass is 28.3. The molecular weight excluding hydrogens is 256 g/mol. The number of carbonyl (C=O) groups excluding carboxylic acids is 2. The zero-order valence-electron chi connectivity index (χ0n) is 12.3. The molecule has 1 aromatic carbocycles. The number of esters is 1. The molecule has 0 bridgehead atoms. The Morgan fingerprint density at radius 3 is 2.05 bits per heavy atom. The first-order valence-corrected chi connectivity index (χ1v) is 10.1. The molecule has 19 heavy (non-hydrogen) atoms. The average Bonchev–Trinajstić information content (AvgIpc) is 2.27. The minimum Gasteiger partial charge on any atom is -0.462 e. The van der Waals surface area contributed by atoms with Crippen molar-refractivity contribution in [1.82, 2.24) is 0 Å². The molecule has 0 aliphatic heterocycles. The summed E-state index contributed by atoms with van der Waals surface area (Å²) in [5, 5.41) is 0.